The van der Waals surface area contributed by atoms with Gasteiger partial charge in [0.1, 0.15) is 23.7 Å². The molecule has 0 rings (SSSR count). The first-order chi connectivity index (χ1) is 20.9. The zero-order chi connectivity index (χ0) is 32.0. The van der Waals surface area contributed by atoms with E-state index in [4.69, 9.17) is 9.47 Å². The zero-order valence-corrected chi connectivity index (χ0v) is 28.6. The number of carbonyl (C=O) groups excluding carboxylic acids is 2. The van der Waals surface area contributed by atoms with E-state index < -0.39 is 45.9 Å². The Bertz CT molecular complexity index is 594. The SMILES string of the molecule is CCCCCCCCCCCCOCC(=O)C(CCO)S(O)(O)C(CCO)C(=O)COCCCCCCCCCCCC. The van der Waals surface area contributed by atoms with Gasteiger partial charge in [0, 0.05) is 26.4 Å². The van der Waals surface area contributed by atoms with E-state index in [9.17, 15) is 28.9 Å². The van der Waals surface area contributed by atoms with Gasteiger partial charge < -0.3 is 19.7 Å². The van der Waals surface area contributed by atoms with Crippen molar-refractivity contribution in [1.29, 1.82) is 0 Å². The molecule has 0 aromatic heterocycles. The highest BCUT2D eigenvalue weighted by atomic mass is 32.3. The average Bonchev–Trinajstić information content (AvgIpc) is 2.99. The van der Waals surface area contributed by atoms with Crippen molar-refractivity contribution in [2.45, 2.75) is 166 Å². The Balaban J connectivity index is 4.42. The molecular weight excluding hydrogens is 568 g/mol. The molecule has 0 radical (unpaired) electrons. The molecule has 0 saturated heterocycles. The normalized spacial score (nSPS) is 13.7. The third-order valence-corrected chi connectivity index (χ3v) is 10.8. The van der Waals surface area contributed by atoms with Gasteiger partial charge in [0.2, 0.25) is 0 Å². The molecule has 258 valence electrons. The van der Waals surface area contributed by atoms with E-state index in [1.807, 2.05) is 0 Å². The van der Waals surface area contributed by atoms with Crippen LogP contribution in [0.4, 0.5) is 0 Å². The number of hydrogen-bond donors (Lipinski definition) is 4. The van der Waals surface area contributed by atoms with E-state index in [1.165, 1.54) is 89.9 Å². The molecule has 2 atom stereocenters. The number of ether oxygens (including phenoxy) is 2. The highest BCUT2D eigenvalue weighted by Gasteiger charge is 2.41. The smallest absolute Gasteiger partial charge is 0.180 e. The molecule has 8 nitrogen and oxygen atoms in total. The monoisotopic (exact) mass is 636 g/mol. The summed E-state index contributed by atoms with van der Waals surface area (Å²) >= 11 is 0. The van der Waals surface area contributed by atoms with Gasteiger partial charge in [-0.3, -0.25) is 18.7 Å². The minimum atomic E-state index is -3.80. The van der Waals surface area contributed by atoms with Crippen molar-refractivity contribution in [1.82, 2.24) is 0 Å². The van der Waals surface area contributed by atoms with Crippen molar-refractivity contribution in [3.8, 4) is 0 Å². The largest absolute Gasteiger partial charge is 0.396 e. The van der Waals surface area contributed by atoms with Crippen LogP contribution in [0.5, 0.6) is 0 Å². The van der Waals surface area contributed by atoms with E-state index in [0.717, 1.165) is 38.5 Å². The van der Waals surface area contributed by atoms with Gasteiger partial charge in [-0.05, 0) is 25.7 Å². The molecule has 0 aliphatic heterocycles. The summed E-state index contributed by atoms with van der Waals surface area (Å²) in [7, 11) is -3.80. The molecule has 0 heterocycles. The van der Waals surface area contributed by atoms with Crippen LogP contribution in [0.15, 0.2) is 0 Å². The Morgan fingerprint density at radius 2 is 0.791 bits per heavy atom. The first-order valence-corrected chi connectivity index (χ1v) is 19.2. The summed E-state index contributed by atoms with van der Waals surface area (Å²) in [6.45, 7) is 3.79. The first kappa shape index (κ1) is 42.5. The zero-order valence-electron chi connectivity index (χ0n) is 27.8. The Kier molecular flexibility index (Phi) is 29.7. The lowest BCUT2D eigenvalue weighted by atomic mass is 10.1. The minimum absolute atomic E-state index is 0.183. The number of unbranched alkanes of at least 4 members (excludes halogenated alkanes) is 18. The molecular formula is C34H68O8S. The van der Waals surface area contributed by atoms with E-state index in [0.29, 0.717) is 13.2 Å². The van der Waals surface area contributed by atoms with Crippen LogP contribution in [0.1, 0.15) is 155 Å². The van der Waals surface area contributed by atoms with Crippen LogP contribution < -0.4 is 0 Å². The van der Waals surface area contributed by atoms with Crippen LogP contribution in [-0.4, -0.2) is 81.0 Å². The van der Waals surface area contributed by atoms with Crippen molar-refractivity contribution in [3.05, 3.63) is 0 Å². The van der Waals surface area contributed by atoms with Crippen molar-refractivity contribution in [2.24, 2.45) is 0 Å². The third kappa shape index (κ3) is 22.6. The van der Waals surface area contributed by atoms with Crippen molar-refractivity contribution in [3.63, 3.8) is 0 Å². The van der Waals surface area contributed by atoms with Crippen LogP contribution in [0.2, 0.25) is 0 Å². The number of Topliss-reactive ketones (excluding diaryl/α,β-unsaturated/α-hetero) is 2. The van der Waals surface area contributed by atoms with Gasteiger partial charge in [0.25, 0.3) is 0 Å². The lowest BCUT2D eigenvalue weighted by Gasteiger charge is -2.44. The summed E-state index contributed by atoms with van der Waals surface area (Å²) in [5.41, 5.74) is 0. The molecule has 0 aliphatic carbocycles. The topological polar surface area (TPSA) is 134 Å². The van der Waals surface area contributed by atoms with Crippen molar-refractivity contribution < 1.29 is 38.4 Å². The number of hydrogen-bond acceptors (Lipinski definition) is 8. The quantitative estimate of drug-likeness (QED) is 0.0519. The lowest BCUT2D eigenvalue weighted by Crippen LogP contribution is -2.41. The molecule has 0 amide bonds. The fourth-order valence-corrected chi connectivity index (χ4v) is 7.61. The van der Waals surface area contributed by atoms with Gasteiger partial charge >= 0.3 is 0 Å². The Morgan fingerprint density at radius 1 is 0.512 bits per heavy atom. The second kappa shape index (κ2) is 30.1. The molecule has 0 aromatic rings. The van der Waals surface area contributed by atoms with Gasteiger partial charge in [-0.1, -0.05) is 129 Å². The van der Waals surface area contributed by atoms with E-state index in [-0.39, 0.29) is 26.1 Å². The second-order valence-electron chi connectivity index (χ2n) is 12.0. The minimum Gasteiger partial charge on any atom is -0.396 e. The lowest BCUT2D eigenvalue weighted by molar-refractivity contribution is -0.123. The molecule has 0 saturated carbocycles. The molecule has 0 aliphatic rings. The summed E-state index contributed by atoms with van der Waals surface area (Å²) in [6, 6.07) is 0. The van der Waals surface area contributed by atoms with Crippen LogP contribution >= 0.6 is 10.6 Å². The van der Waals surface area contributed by atoms with Crippen LogP contribution in [0, 0.1) is 0 Å². The van der Waals surface area contributed by atoms with E-state index in [2.05, 4.69) is 13.8 Å². The Morgan fingerprint density at radius 3 is 1.07 bits per heavy atom. The molecule has 0 spiro atoms. The summed E-state index contributed by atoms with van der Waals surface area (Å²) in [4.78, 5) is 25.9. The van der Waals surface area contributed by atoms with E-state index >= 15 is 0 Å². The standard InChI is InChI=1S/C34H68O8S/c1-3-5-7-9-11-13-15-17-19-21-27-41-29-31(37)33(23-25-35)43(39,40)34(24-26-36)32(38)30-42-28-22-20-18-16-14-12-10-8-6-4-2/h33-36,39-40H,3-30H2,1-2H3. The van der Waals surface area contributed by atoms with Crippen molar-refractivity contribution >= 4 is 22.2 Å². The molecule has 0 bridgehead atoms. The summed E-state index contributed by atoms with van der Waals surface area (Å²) in [5.74, 6) is -1.08. The van der Waals surface area contributed by atoms with Gasteiger partial charge in [-0.2, -0.15) is 10.6 Å². The molecule has 0 aromatic carbocycles. The number of aliphatic hydroxyl groups excluding tert-OH is 2. The fourth-order valence-electron chi connectivity index (χ4n) is 5.40. The molecule has 9 heteroatoms. The van der Waals surface area contributed by atoms with Crippen LogP contribution in [0.25, 0.3) is 0 Å². The summed E-state index contributed by atoms with van der Waals surface area (Å²) in [5, 5.41) is 16.4. The molecule has 2 unspecified atom stereocenters. The fraction of sp³-hybridized carbons (Fsp3) is 0.941. The van der Waals surface area contributed by atoms with Crippen molar-refractivity contribution in [2.75, 3.05) is 39.6 Å². The maximum Gasteiger partial charge on any atom is 0.180 e. The molecule has 4 N–H and O–H groups in total. The number of rotatable bonds is 34. The molecule has 0 fully saturated rings. The van der Waals surface area contributed by atoms with Gasteiger partial charge in [0.05, 0.1) is 0 Å². The highest BCUT2D eigenvalue weighted by molar-refractivity contribution is 8.26. The van der Waals surface area contributed by atoms with Crippen LogP contribution in [0.3, 0.4) is 0 Å². The van der Waals surface area contributed by atoms with Crippen LogP contribution in [-0.2, 0) is 19.1 Å². The average molecular weight is 637 g/mol. The third-order valence-electron chi connectivity index (χ3n) is 8.11. The predicted octanol–water partition coefficient (Wildman–Crippen LogP) is 8.25. The predicted molar refractivity (Wildman–Crippen MR) is 179 cm³/mol. The first-order valence-electron chi connectivity index (χ1n) is 17.5. The van der Waals surface area contributed by atoms with Gasteiger partial charge in [-0.15, -0.1) is 0 Å². The summed E-state index contributed by atoms with van der Waals surface area (Å²) < 4.78 is 33.2. The molecule has 43 heavy (non-hydrogen) atoms. The summed E-state index contributed by atoms with van der Waals surface area (Å²) in [6.07, 6.45) is 23.5. The number of carbonyl (C=O) groups is 2. The maximum atomic E-state index is 12.9. The number of aliphatic hydroxyl groups is 2. The highest BCUT2D eigenvalue weighted by Crippen LogP contribution is 2.52. The van der Waals surface area contributed by atoms with Gasteiger partial charge in [-0.25, -0.2) is 0 Å². The maximum absolute atomic E-state index is 12.9. The second-order valence-corrected chi connectivity index (χ2v) is 14.5. The van der Waals surface area contributed by atoms with E-state index in [1.54, 1.807) is 0 Å². The number of ketones is 2. The van der Waals surface area contributed by atoms with Gasteiger partial charge in [0.15, 0.2) is 11.6 Å². The Hall–Kier alpha value is -0.550. The Labute approximate surface area is 265 Å².